The molecular formula is C30H38N4O6. The van der Waals surface area contributed by atoms with E-state index in [0.29, 0.717) is 25.8 Å². The highest BCUT2D eigenvalue weighted by molar-refractivity contribution is 5.91. The normalized spacial score (nSPS) is 16.9. The van der Waals surface area contributed by atoms with E-state index in [1.165, 1.54) is 4.90 Å². The van der Waals surface area contributed by atoms with Crippen LogP contribution in [0.5, 0.6) is 0 Å². The Hall–Kier alpha value is -4.08. The number of amides is 4. The van der Waals surface area contributed by atoms with Gasteiger partial charge in [0.1, 0.15) is 18.7 Å². The van der Waals surface area contributed by atoms with Gasteiger partial charge >= 0.3 is 18.1 Å². The maximum atomic E-state index is 13.3. The van der Waals surface area contributed by atoms with Gasteiger partial charge in [-0.15, -0.1) is 0 Å². The number of aliphatic carboxylic acids is 1. The summed E-state index contributed by atoms with van der Waals surface area (Å²) in [6.07, 6.45) is 0.504. The van der Waals surface area contributed by atoms with Crippen LogP contribution in [-0.4, -0.2) is 70.3 Å². The third-order valence-corrected chi connectivity index (χ3v) is 7.41. The summed E-state index contributed by atoms with van der Waals surface area (Å²) in [4.78, 5) is 52.5. The summed E-state index contributed by atoms with van der Waals surface area (Å²) in [6.45, 7) is 7.70. The quantitative estimate of drug-likeness (QED) is 0.419. The molecule has 2 aromatic rings. The van der Waals surface area contributed by atoms with Crippen molar-refractivity contribution in [3.63, 3.8) is 0 Å². The molecule has 0 spiro atoms. The highest BCUT2D eigenvalue weighted by Gasteiger charge is 2.38. The topological polar surface area (TPSA) is 128 Å². The van der Waals surface area contributed by atoms with Gasteiger partial charge in [-0.3, -0.25) is 4.79 Å². The first kappa shape index (κ1) is 28.9. The van der Waals surface area contributed by atoms with E-state index in [-0.39, 0.29) is 18.4 Å². The largest absolute Gasteiger partial charge is 0.480 e. The Morgan fingerprint density at radius 1 is 1.00 bits per heavy atom. The molecule has 40 heavy (non-hydrogen) atoms. The minimum absolute atomic E-state index is 0.0581. The van der Waals surface area contributed by atoms with Crippen LogP contribution in [0.3, 0.4) is 0 Å². The van der Waals surface area contributed by atoms with Crippen LogP contribution in [0, 0.1) is 5.92 Å². The van der Waals surface area contributed by atoms with Gasteiger partial charge in [0, 0.05) is 18.5 Å². The first-order chi connectivity index (χ1) is 19.1. The molecule has 4 amide bonds. The molecule has 10 nitrogen and oxygen atoms in total. The van der Waals surface area contributed by atoms with E-state index in [9.17, 15) is 24.3 Å². The Morgan fingerprint density at radius 3 is 2.15 bits per heavy atom. The van der Waals surface area contributed by atoms with Gasteiger partial charge in [-0.05, 0) is 61.3 Å². The number of carbonyl (C=O) groups excluding carboxylic acids is 3. The van der Waals surface area contributed by atoms with Crippen LogP contribution < -0.4 is 10.7 Å². The standard InChI is InChI=1S/C30H38N4O6/c1-18(2)16-25(27(35)33-15-9-14-26(33)28(36)37)31-29(38)34(19(3)4)32-30(39)40-17-24-22-12-7-5-10-20(22)21-11-6-8-13-23(21)24/h5-8,10-13,18-19,24-26H,9,14-17H2,1-4H3,(H,31,38)(H,32,39)(H,36,37)/t25-,26-/m0/s1. The van der Waals surface area contributed by atoms with Crippen molar-refractivity contribution in [1.82, 2.24) is 20.7 Å². The fraction of sp³-hybridized carbons (Fsp3) is 0.467. The zero-order valence-corrected chi connectivity index (χ0v) is 23.4. The van der Waals surface area contributed by atoms with Gasteiger partial charge in [-0.2, -0.15) is 0 Å². The molecule has 1 saturated heterocycles. The van der Waals surface area contributed by atoms with Gasteiger partial charge < -0.3 is 20.1 Å². The van der Waals surface area contributed by atoms with Crippen LogP contribution in [0.15, 0.2) is 48.5 Å². The first-order valence-electron chi connectivity index (χ1n) is 13.8. The molecule has 0 aromatic heterocycles. The summed E-state index contributed by atoms with van der Waals surface area (Å²) >= 11 is 0. The van der Waals surface area contributed by atoms with Crippen molar-refractivity contribution in [3.05, 3.63) is 59.7 Å². The van der Waals surface area contributed by atoms with E-state index >= 15 is 0 Å². The van der Waals surface area contributed by atoms with Gasteiger partial charge in [-0.25, -0.2) is 24.8 Å². The molecule has 1 fully saturated rings. The van der Waals surface area contributed by atoms with Crippen LogP contribution >= 0.6 is 0 Å². The lowest BCUT2D eigenvalue weighted by Crippen LogP contribution is -2.59. The van der Waals surface area contributed by atoms with Crippen molar-refractivity contribution >= 4 is 24.0 Å². The van der Waals surface area contributed by atoms with Crippen molar-refractivity contribution < 1.29 is 29.0 Å². The van der Waals surface area contributed by atoms with E-state index < -0.39 is 42.1 Å². The number of rotatable bonds is 8. The molecule has 2 atom stereocenters. The molecule has 0 saturated carbocycles. The lowest BCUT2D eigenvalue weighted by molar-refractivity contribution is -0.149. The minimum atomic E-state index is -1.05. The number of carbonyl (C=O) groups is 4. The highest BCUT2D eigenvalue weighted by atomic mass is 16.6. The number of fused-ring (bicyclic) bond motifs is 3. The summed E-state index contributed by atoms with van der Waals surface area (Å²) in [5, 5.41) is 13.3. The van der Waals surface area contributed by atoms with Crippen molar-refractivity contribution in [3.8, 4) is 11.1 Å². The van der Waals surface area contributed by atoms with Crippen LogP contribution in [0.4, 0.5) is 9.59 Å². The van der Waals surface area contributed by atoms with Gasteiger partial charge in [-0.1, -0.05) is 62.4 Å². The molecule has 1 heterocycles. The molecule has 0 unspecified atom stereocenters. The monoisotopic (exact) mass is 550 g/mol. The van der Waals surface area contributed by atoms with Gasteiger partial charge in [0.05, 0.1) is 0 Å². The van der Waals surface area contributed by atoms with Gasteiger partial charge in [0.2, 0.25) is 5.91 Å². The Kier molecular flexibility index (Phi) is 8.96. The average molecular weight is 551 g/mol. The molecule has 0 radical (unpaired) electrons. The number of nitrogens with one attached hydrogen (secondary N) is 2. The molecule has 214 valence electrons. The molecule has 3 N–H and O–H groups in total. The van der Waals surface area contributed by atoms with Crippen LogP contribution in [0.1, 0.15) is 64.0 Å². The van der Waals surface area contributed by atoms with E-state index in [1.807, 2.05) is 50.2 Å². The van der Waals surface area contributed by atoms with E-state index in [2.05, 4.69) is 22.9 Å². The first-order valence-corrected chi connectivity index (χ1v) is 13.8. The number of likely N-dealkylation sites (tertiary alicyclic amines) is 1. The summed E-state index contributed by atoms with van der Waals surface area (Å²) in [5.41, 5.74) is 6.90. The molecule has 1 aliphatic carbocycles. The molecule has 2 aliphatic rings. The average Bonchev–Trinajstić information content (AvgIpc) is 3.53. The number of hydrogen-bond donors (Lipinski definition) is 3. The number of ether oxygens (including phenoxy) is 1. The number of hydrogen-bond acceptors (Lipinski definition) is 5. The van der Waals surface area contributed by atoms with Crippen molar-refractivity contribution in [2.24, 2.45) is 5.92 Å². The Labute approximate surface area is 234 Å². The highest BCUT2D eigenvalue weighted by Crippen LogP contribution is 2.44. The van der Waals surface area contributed by atoms with Gasteiger partial charge in [0.15, 0.2) is 0 Å². The maximum Gasteiger partial charge on any atom is 0.426 e. The Bertz CT molecular complexity index is 1220. The number of carboxylic acids is 1. The Morgan fingerprint density at radius 2 is 1.60 bits per heavy atom. The fourth-order valence-electron chi connectivity index (χ4n) is 5.54. The third kappa shape index (κ3) is 6.21. The lowest BCUT2D eigenvalue weighted by atomic mass is 9.98. The molecule has 1 aliphatic heterocycles. The second-order valence-corrected chi connectivity index (χ2v) is 11.1. The number of carboxylic acid groups (broad SMARTS) is 1. The van der Waals surface area contributed by atoms with Crippen LogP contribution in [0.25, 0.3) is 11.1 Å². The second-order valence-electron chi connectivity index (χ2n) is 11.1. The third-order valence-electron chi connectivity index (χ3n) is 7.41. The summed E-state index contributed by atoms with van der Waals surface area (Å²) in [5.74, 6) is -1.56. The molecule has 10 heteroatoms. The van der Waals surface area contributed by atoms with E-state index in [4.69, 9.17) is 4.74 Å². The minimum Gasteiger partial charge on any atom is -0.480 e. The molecule has 2 aromatic carbocycles. The summed E-state index contributed by atoms with van der Waals surface area (Å²) in [7, 11) is 0. The van der Waals surface area contributed by atoms with Gasteiger partial charge in [0.25, 0.3) is 0 Å². The summed E-state index contributed by atoms with van der Waals surface area (Å²) in [6, 6.07) is 13.1. The van der Waals surface area contributed by atoms with Crippen molar-refractivity contribution in [1.29, 1.82) is 0 Å². The van der Waals surface area contributed by atoms with E-state index in [1.54, 1.807) is 13.8 Å². The maximum absolute atomic E-state index is 13.3. The molecule has 4 rings (SSSR count). The number of hydrazine groups is 1. The van der Waals surface area contributed by atoms with Crippen LogP contribution in [0.2, 0.25) is 0 Å². The zero-order chi connectivity index (χ0) is 29.0. The molecular weight excluding hydrogens is 512 g/mol. The van der Waals surface area contributed by atoms with Crippen molar-refractivity contribution in [2.45, 2.75) is 71.0 Å². The predicted octanol–water partition coefficient (Wildman–Crippen LogP) is 4.35. The fourth-order valence-corrected chi connectivity index (χ4v) is 5.54. The van der Waals surface area contributed by atoms with Crippen molar-refractivity contribution in [2.75, 3.05) is 13.2 Å². The molecule has 0 bridgehead atoms. The van der Waals surface area contributed by atoms with Crippen LogP contribution in [-0.2, 0) is 14.3 Å². The number of nitrogens with zero attached hydrogens (tertiary/aromatic N) is 2. The smallest absolute Gasteiger partial charge is 0.426 e. The lowest BCUT2D eigenvalue weighted by Gasteiger charge is -2.32. The predicted molar refractivity (Wildman–Crippen MR) is 149 cm³/mol. The summed E-state index contributed by atoms with van der Waals surface area (Å²) < 4.78 is 5.60. The number of urea groups is 1. The van der Waals surface area contributed by atoms with E-state index in [0.717, 1.165) is 27.3 Å². The zero-order valence-electron chi connectivity index (χ0n) is 23.4. The SMILES string of the molecule is CC(C)C[C@H](NC(=O)N(NC(=O)OCC1c2ccccc2-c2ccccc21)C(C)C)C(=O)N1CCC[C@H]1C(=O)O. The Balaban J connectivity index is 1.41. The second kappa shape index (κ2) is 12.4. The number of benzene rings is 2.